The fourth-order valence-electron chi connectivity index (χ4n) is 2.17. The average molecular weight is 267 g/mol. The number of aromatic nitrogens is 3. The molecule has 0 unspecified atom stereocenters. The van der Waals surface area contributed by atoms with E-state index >= 15 is 0 Å². The first kappa shape index (κ1) is 11.9. The van der Waals surface area contributed by atoms with Crippen LogP contribution in [0.3, 0.4) is 0 Å². The van der Waals surface area contributed by atoms with E-state index in [1.807, 2.05) is 22.7 Å². The van der Waals surface area contributed by atoms with Gasteiger partial charge in [0.15, 0.2) is 5.65 Å². The van der Waals surface area contributed by atoms with Crippen molar-refractivity contribution in [2.24, 2.45) is 0 Å². The van der Waals surface area contributed by atoms with Crippen molar-refractivity contribution in [2.75, 3.05) is 32.8 Å². The van der Waals surface area contributed by atoms with Crippen molar-refractivity contribution in [3.63, 3.8) is 0 Å². The lowest BCUT2D eigenvalue weighted by molar-refractivity contribution is 0.0382. The van der Waals surface area contributed by atoms with Gasteiger partial charge in [-0.15, -0.1) is 10.2 Å². The van der Waals surface area contributed by atoms with Gasteiger partial charge >= 0.3 is 0 Å². The second-order valence-corrected chi connectivity index (χ2v) is 4.83. The van der Waals surface area contributed by atoms with E-state index in [1.165, 1.54) is 0 Å². The van der Waals surface area contributed by atoms with Gasteiger partial charge in [0, 0.05) is 43.3 Å². The molecule has 1 fully saturated rings. The zero-order chi connectivity index (χ0) is 12.4. The van der Waals surface area contributed by atoms with Gasteiger partial charge in [-0.2, -0.15) is 0 Å². The second kappa shape index (κ2) is 5.22. The van der Waals surface area contributed by atoms with Crippen LogP contribution in [-0.2, 0) is 11.2 Å². The minimum atomic E-state index is 0.689. The predicted molar refractivity (Wildman–Crippen MR) is 69.0 cm³/mol. The molecule has 0 atom stereocenters. The quantitative estimate of drug-likeness (QED) is 0.839. The minimum absolute atomic E-state index is 0.689. The van der Waals surface area contributed by atoms with Gasteiger partial charge < -0.3 is 4.74 Å². The summed E-state index contributed by atoms with van der Waals surface area (Å²) in [7, 11) is 0. The monoisotopic (exact) mass is 266 g/mol. The van der Waals surface area contributed by atoms with Gasteiger partial charge in [-0.1, -0.05) is 11.6 Å². The fraction of sp³-hybridized carbons (Fsp3) is 0.500. The van der Waals surface area contributed by atoms with Crippen LogP contribution in [0.4, 0.5) is 0 Å². The summed E-state index contributed by atoms with van der Waals surface area (Å²) in [6.07, 6.45) is 2.81. The molecule has 0 aliphatic carbocycles. The van der Waals surface area contributed by atoms with E-state index < -0.39 is 0 Å². The SMILES string of the molecule is Clc1ccn2c(CCN3CCOCC3)nnc2c1. The van der Waals surface area contributed by atoms with E-state index in [4.69, 9.17) is 16.3 Å². The maximum Gasteiger partial charge on any atom is 0.162 e. The highest BCUT2D eigenvalue weighted by atomic mass is 35.5. The fourth-order valence-corrected chi connectivity index (χ4v) is 2.32. The largest absolute Gasteiger partial charge is 0.379 e. The molecule has 0 radical (unpaired) electrons. The number of fused-ring (bicyclic) bond motifs is 1. The first-order valence-corrected chi connectivity index (χ1v) is 6.50. The Balaban J connectivity index is 1.70. The molecule has 0 bridgehead atoms. The molecular weight excluding hydrogens is 252 g/mol. The van der Waals surface area contributed by atoms with E-state index in [-0.39, 0.29) is 0 Å². The Labute approximate surface area is 110 Å². The third kappa shape index (κ3) is 2.48. The third-order valence-electron chi connectivity index (χ3n) is 3.20. The van der Waals surface area contributed by atoms with E-state index in [2.05, 4.69) is 15.1 Å². The number of ether oxygens (including phenoxy) is 1. The molecule has 0 spiro atoms. The van der Waals surface area contributed by atoms with Crippen LogP contribution in [0, 0.1) is 0 Å². The lowest BCUT2D eigenvalue weighted by atomic mass is 10.3. The van der Waals surface area contributed by atoms with Gasteiger partial charge in [0.05, 0.1) is 13.2 Å². The Hall–Kier alpha value is -1.17. The molecule has 96 valence electrons. The smallest absolute Gasteiger partial charge is 0.162 e. The van der Waals surface area contributed by atoms with Crippen LogP contribution in [0.1, 0.15) is 5.82 Å². The lowest BCUT2D eigenvalue weighted by Gasteiger charge is -2.26. The van der Waals surface area contributed by atoms with Gasteiger partial charge in [-0.3, -0.25) is 9.30 Å². The molecule has 0 amide bonds. The normalized spacial score (nSPS) is 17.4. The first-order chi connectivity index (χ1) is 8.83. The number of hydrogen-bond donors (Lipinski definition) is 0. The molecule has 0 N–H and O–H groups in total. The number of halogens is 1. The van der Waals surface area contributed by atoms with Crippen LogP contribution in [0.2, 0.25) is 5.02 Å². The van der Waals surface area contributed by atoms with Crippen molar-refractivity contribution in [1.82, 2.24) is 19.5 Å². The lowest BCUT2D eigenvalue weighted by Crippen LogP contribution is -2.37. The number of nitrogens with zero attached hydrogens (tertiary/aromatic N) is 4. The summed E-state index contributed by atoms with van der Waals surface area (Å²) >= 11 is 5.92. The van der Waals surface area contributed by atoms with Crippen molar-refractivity contribution in [3.8, 4) is 0 Å². The van der Waals surface area contributed by atoms with Crippen molar-refractivity contribution in [2.45, 2.75) is 6.42 Å². The highest BCUT2D eigenvalue weighted by Gasteiger charge is 2.12. The van der Waals surface area contributed by atoms with Gasteiger partial charge in [-0.25, -0.2) is 0 Å². The Morgan fingerprint density at radius 3 is 2.94 bits per heavy atom. The van der Waals surface area contributed by atoms with Crippen molar-refractivity contribution in [3.05, 3.63) is 29.2 Å². The van der Waals surface area contributed by atoms with Crippen LogP contribution in [0.5, 0.6) is 0 Å². The number of pyridine rings is 1. The summed E-state index contributed by atoms with van der Waals surface area (Å²) in [5.74, 6) is 0.980. The van der Waals surface area contributed by atoms with Crippen LogP contribution in [-0.4, -0.2) is 52.3 Å². The van der Waals surface area contributed by atoms with Gasteiger partial charge in [0.1, 0.15) is 5.82 Å². The second-order valence-electron chi connectivity index (χ2n) is 4.39. The van der Waals surface area contributed by atoms with E-state index in [1.54, 1.807) is 0 Å². The minimum Gasteiger partial charge on any atom is -0.379 e. The maximum atomic E-state index is 5.92. The summed E-state index contributed by atoms with van der Waals surface area (Å²) in [4.78, 5) is 2.39. The van der Waals surface area contributed by atoms with Crippen molar-refractivity contribution in [1.29, 1.82) is 0 Å². The summed E-state index contributed by atoms with van der Waals surface area (Å²) < 4.78 is 7.32. The topological polar surface area (TPSA) is 42.7 Å². The molecule has 1 saturated heterocycles. The third-order valence-corrected chi connectivity index (χ3v) is 3.43. The van der Waals surface area contributed by atoms with Gasteiger partial charge in [-0.05, 0) is 6.07 Å². The Morgan fingerprint density at radius 2 is 2.11 bits per heavy atom. The van der Waals surface area contributed by atoms with Crippen molar-refractivity contribution >= 4 is 17.2 Å². The number of hydrogen-bond acceptors (Lipinski definition) is 4. The summed E-state index contributed by atoms with van der Waals surface area (Å²) in [5.41, 5.74) is 0.805. The van der Waals surface area contributed by atoms with Crippen LogP contribution < -0.4 is 0 Å². The highest BCUT2D eigenvalue weighted by Crippen LogP contribution is 2.12. The Bertz CT molecular complexity index is 536. The first-order valence-electron chi connectivity index (χ1n) is 6.12. The Kier molecular flexibility index (Phi) is 3.45. The molecule has 0 saturated carbocycles. The van der Waals surface area contributed by atoms with Crippen LogP contribution >= 0.6 is 11.6 Å². The van der Waals surface area contributed by atoms with E-state index in [9.17, 15) is 0 Å². The molecule has 5 nitrogen and oxygen atoms in total. The molecule has 2 aromatic rings. The zero-order valence-electron chi connectivity index (χ0n) is 10.0. The number of rotatable bonds is 3. The molecule has 1 aliphatic rings. The molecule has 1 aliphatic heterocycles. The van der Waals surface area contributed by atoms with E-state index in [0.29, 0.717) is 5.02 Å². The van der Waals surface area contributed by atoms with Gasteiger partial charge in [0.25, 0.3) is 0 Å². The molecule has 2 aromatic heterocycles. The van der Waals surface area contributed by atoms with Crippen molar-refractivity contribution < 1.29 is 4.74 Å². The highest BCUT2D eigenvalue weighted by molar-refractivity contribution is 6.30. The van der Waals surface area contributed by atoms with Gasteiger partial charge in [0.2, 0.25) is 0 Å². The van der Waals surface area contributed by atoms with Crippen LogP contribution in [0.15, 0.2) is 18.3 Å². The molecule has 6 heteroatoms. The molecular formula is C12H15ClN4O. The molecule has 3 heterocycles. The Morgan fingerprint density at radius 1 is 1.28 bits per heavy atom. The molecule has 3 rings (SSSR count). The predicted octanol–water partition coefficient (Wildman–Crippen LogP) is 1.26. The standard InChI is InChI=1S/C12H15ClN4O/c13-10-1-4-17-11(14-15-12(17)9-10)2-3-16-5-7-18-8-6-16/h1,4,9H,2-3,5-8H2. The maximum absolute atomic E-state index is 5.92. The number of morpholine rings is 1. The summed E-state index contributed by atoms with van der Waals surface area (Å²) in [5, 5.41) is 9.04. The zero-order valence-corrected chi connectivity index (χ0v) is 10.8. The van der Waals surface area contributed by atoms with Crippen LogP contribution in [0.25, 0.3) is 5.65 Å². The summed E-state index contributed by atoms with van der Waals surface area (Å²) in [6.45, 7) is 4.66. The summed E-state index contributed by atoms with van der Waals surface area (Å²) in [6, 6.07) is 3.68. The van der Waals surface area contributed by atoms with E-state index in [0.717, 1.165) is 50.7 Å². The molecule has 18 heavy (non-hydrogen) atoms. The average Bonchev–Trinajstić information content (AvgIpc) is 2.80. The molecule has 0 aromatic carbocycles.